The lowest BCUT2D eigenvalue weighted by Gasteiger charge is -2.28. The molecule has 2 saturated heterocycles. The molecular formula is C11H13N3O2. The number of hydrogen-bond donors (Lipinski definition) is 1. The molecule has 2 aliphatic heterocycles. The van der Waals surface area contributed by atoms with Crippen molar-refractivity contribution in [1.29, 1.82) is 0 Å². The quantitative estimate of drug-likeness (QED) is 0.459. The van der Waals surface area contributed by atoms with Gasteiger partial charge in [-0.05, 0) is 24.6 Å². The zero-order valence-corrected chi connectivity index (χ0v) is 9.01. The van der Waals surface area contributed by atoms with Crippen molar-refractivity contribution >= 4 is 5.69 Å². The van der Waals surface area contributed by atoms with E-state index < -0.39 is 0 Å². The lowest BCUT2D eigenvalue weighted by molar-refractivity contribution is -0.384. The fraction of sp³-hybridized carbons (Fsp3) is 0.455. The minimum Gasteiger partial charge on any atom is -0.294 e. The molecule has 16 heavy (non-hydrogen) atoms. The average molecular weight is 219 g/mol. The fourth-order valence-corrected chi connectivity index (χ4v) is 2.50. The molecule has 5 nitrogen and oxygen atoms in total. The van der Waals surface area contributed by atoms with Gasteiger partial charge >= 0.3 is 0 Å². The third kappa shape index (κ3) is 1.25. The van der Waals surface area contributed by atoms with E-state index in [4.69, 9.17) is 0 Å². The minimum absolute atomic E-state index is 0.139. The van der Waals surface area contributed by atoms with Crippen LogP contribution in [0.1, 0.15) is 12.5 Å². The average Bonchev–Trinajstić information content (AvgIpc) is 3.00. The second-order valence-electron chi connectivity index (χ2n) is 4.56. The van der Waals surface area contributed by atoms with Crippen LogP contribution in [-0.4, -0.2) is 29.0 Å². The van der Waals surface area contributed by atoms with Gasteiger partial charge in [-0.1, -0.05) is 0 Å². The van der Waals surface area contributed by atoms with Crippen LogP contribution in [0.5, 0.6) is 0 Å². The van der Waals surface area contributed by atoms with Crippen molar-refractivity contribution < 1.29 is 4.92 Å². The first-order valence-corrected chi connectivity index (χ1v) is 5.38. The summed E-state index contributed by atoms with van der Waals surface area (Å²) in [6.07, 6.45) is 0. The SMILES string of the molecule is CC1(c2ccc([N+](=O)[O-])cc2)NCC2CN21. The summed E-state index contributed by atoms with van der Waals surface area (Å²) >= 11 is 0. The molecule has 0 spiro atoms. The molecule has 3 rings (SSSR count). The van der Waals surface area contributed by atoms with Crippen molar-refractivity contribution in [1.82, 2.24) is 10.2 Å². The van der Waals surface area contributed by atoms with E-state index in [9.17, 15) is 10.1 Å². The van der Waals surface area contributed by atoms with Gasteiger partial charge in [0.2, 0.25) is 0 Å². The lowest BCUT2D eigenvalue weighted by Crippen LogP contribution is -2.41. The molecule has 1 N–H and O–H groups in total. The summed E-state index contributed by atoms with van der Waals surface area (Å²) in [6, 6.07) is 7.47. The van der Waals surface area contributed by atoms with Crippen molar-refractivity contribution in [2.75, 3.05) is 13.1 Å². The summed E-state index contributed by atoms with van der Waals surface area (Å²) in [6.45, 7) is 4.26. The van der Waals surface area contributed by atoms with Gasteiger partial charge < -0.3 is 0 Å². The van der Waals surface area contributed by atoms with Crippen LogP contribution < -0.4 is 5.32 Å². The number of nitrogens with one attached hydrogen (secondary N) is 1. The zero-order valence-electron chi connectivity index (χ0n) is 9.01. The smallest absolute Gasteiger partial charge is 0.269 e. The van der Waals surface area contributed by atoms with Crippen molar-refractivity contribution in [3.05, 3.63) is 39.9 Å². The van der Waals surface area contributed by atoms with Crippen LogP contribution in [0, 0.1) is 10.1 Å². The molecule has 3 unspecified atom stereocenters. The maximum atomic E-state index is 10.6. The Balaban J connectivity index is 1.92. The normalized spacial score (nSPS) is 35.8. The molecule has 2 aliphatic rings. The van der Waals surface area contributed by atoms with Crippen LogP contribution >= 0.6 is 0 Å². The molecule has 0 aromatic heterocycles. The molecule has 0 saturated carbocycles. The molecule has 0 bridgehead atoms. The maximum Gasteiger partial charge on any atom is 0.269 e. The van der Waals surface area contributed by atoms with Gasteiger partial charge in [-0.3, -0.25) is 20.3 Å². The molecule has 2 heterocycles. The summed E-state index contributed by atoms with van der Waals surface area (Å²) in [5, 5.41) is 14.0. The van der Waals surface area contributed by atoms with Crippen molar-refractivity contribution in [2.45, 2.75) is 18.6 Å². The molecule has 0 radical (unpaired) electrons. The van der Waals surface area contributed by atoms with Gasteiger partial charge in [0.1, 0.15) is 0 Å². The topological polar surface area (TPSA) is 58.2 Å². The number of hydrogen-bond acceptors (Lipinski definition) is 4. The second kappa shape index (κ2) is 3.02. The highest BCUT2D eigenvalue weighted by molar-refractivity contribution is 5.37. The van der Waals surface area contributed by atoms with Crippen molar-refractivity contribution in [3.8, 4) is 0 Å². The Morgan fingerprint density at radius 2 is 2.19 bits per heavy atom. The second-order valence-corrected chi connectivity index (χ2v) is 4.56. The van der Waals surface area contributed by atoms with Gasteiger partial charge in [-0.15, -0.1) is 0 Å². The van der Waals surface area contributed by atoms with Gasteiger partial charge in [0.15, 0.2) is 0 Å². The Bertz CT molecular complexity index is 445. The predicted octanol–water partition coefficient (Wildman–Crippen LogP) is 1.05. The highest BCUT2D eigenvalue weighted by Gasteiger charge is 2.53. The van der Waals surface area contributed by atoms with Crippen LogP contribution in [0.3, 0.4) is 0 Å². The predicted molar refractivity (Wildman–Crippen MR) is 58.9 cm³/mol. The molecule has 5 heteroatoms. The molecule has 1 aromatic rings. The first-order valence-electron chi connectivity index (χ1n) is 5.38. The van der Waals surface area contributed by atoms with Crippen LogP contribution in [0.2, 0.25) is 0 Å². The van der Waals surface area contributed by atoms with Crippen molar-refractivity contribution in [3.63, 3.8) is 0 Å². The summed E-state index contributed by atoms with van der Waals surface area (Å²) in [5.41, 5.74) is 1.10. The number of nitro benzene ring substituents is 1. The fourth-order valence-electron chi connectivity index (χ4n) is 2.50. The molecule has 0 aliphatic carbocycles. The molecule has 3 atom stereocenters. The number of non-ortho nitro benzene ring substituents is 1. The molecule has 2 fully saturated rings. The van der Waals surface area contributed by atoms with E-state index in [2.05, 4.69) is 17.1 Å². The zero-order chi connectivity index (χ0) is 11.3. The Morgan fingerprint density at radius 3 is 2.62 bits per heavy atom. The van der Waals surface area contributed by atoms with Gasteiger partial charge in [-0.25, -0.2) is 0 Å². The number of benzene rings is 1. The van der Waals surface area contributed by atoms with E-state index in [0.29, 0.717) is 6.04 Å². The van der Waals surface area contributed by atoms with Gasteiger partial charge in [-0.2, -0.15) is 0 Å². The van der Waals surface area contributed by atoms with E-state index in [1.165, 1.54) is 0 Å². The first kappa shape index (κ1) is 9.74. The summed E-state index contributed by atoms with van der Waals surface area (Å²) in [7, 11) is 0. The highest BCUT2D eigenvalue weighted by Crippen LogP contribution is 2.40. The number of rotatable bonds is 2. The molecule has 0 amide bonds. The minimum atomic E-state index is -0.367. The van der Waals surface area contributed by atoms with Crippen LogP contribution in [-0.2, 0) is 5.66 Å². The van der Waals surface area contributed by atoms with Crippen LogP contribution in [0.4, 0.5) is 5.69 Å². The number of nitrogens with zero attached hydrogens (tertiary/aromatic N) is 2. The molecular weight excluding hydrogens is 206 g/mol. The number of nitro groups is 1. The number of fused-ring (bicyclic) bond motifs is 1. The van der Waals surface area contributed by atoms with Gasteiger partial charge in [0.25, 0.3) is 5.69 Å². The van der Waals surface area contributed by atoms with Gasteiger partial charge in [0.05, 0.1) is 10.6 Å². The monoisotopic (exact) mass is 219 g/mol. The summed E-state index contributed by atoms with van der Waals surface area (Å²) in [5.74, 6) is 0. The summed E-state index contributed by atoms with van der Waals surface area (Å²) < 4.78 is 0. The van der Waals surface area contributed by atoms with E-state index in [-0.39, 0.29) is 16.3 Å². The van der Waals surface area contributed by atoms with Crippen molar-refractivity contribution in [2.24, 2.45) is 0 Å². The third-order valence-electron chi connectivity index (χ3n) is 3.61. The molecule has 84 valence electrons. The van der Waals surface area contributed by atoms with Crippen LogP contribution in [0.25, 0.3) is 0 Å². The Kier molecular flexibility index (Phi) is 1.84. The standard InChI is InChI=1S/C11H13N3O2/c1-11(12-6-10-7-13(10)11)8-2-4-9(5-3-8)14(15)16/h2-5,10,12H,6-7H2,1H3. The Morgan fingerprint density at radius 1 is 1.50 bits per heavy atom. The summed E-state index contributed by atoms with van der Waals surface area (Å²) in [4.78, 5) is 12.6. The maximum absolute atomic E-state index is 10.6. The van der Waals surface area contributed by atoms with E-state index in [0.717, 1.165) is 18.7 Å². The Hall–Kier alpha value is -1.46. The van der Waals surface area contributed by atoms with E-state index in [1.807, 2.05) is 12.1 Å². The Labute approximate surface area is 93.2 Å². The van der Waals surface area contributed by atoms with Gasteiger partial charge in [0, 0.05) is 31.3 Å². The largest absolute Gasteiger partial charge is 0.294 e. The van der Waals surface area contributed by atoms with E-state index in [1.54, 1.807) is 12.1 Å². The third-order valence-corrected chi connectivity index (χ3v) is 3.61. The lowest BCUT2D eigenvalue weighted by atomic mass is 10.0. The highest BCUT2D eigenvalue weighted by atomic mass is 16.6. The first-order chi connectivity index (χ1) is 7.61. The molecule has 1 aromatic carbocycles. The van der Waals surface area contributed by atoms with E-state index >= 15 is 0 Å². The van der Waals surface area contributed by atoms with Crippen LogP contribution in [0.15, 0.2) is 24.3 Å².